The summed E-state index contributed by atoms with van der Waals surface area (Å²) in [7, 11) is 0. The summed E-state index contributed by atoms with van der Waals surface area (Å²) >= 11 is 0. The van der Waals surface area contributed by atoms with Crippen molar-refractivity contribution >= 4 is 5.91 Å². The Morgan fingerprint density at radius 2 is 2.12 bits per heavy atom. The van der Waals surface area contributed by atoms with Crippen LogP contribution in [0.25, 0.3) is 0 Å². The van der Waals surface area contributed by atoms with Gasteiger partial charge >= 0.3 is 0 Å². The van der Waals surface area contributed by atoms with E-state index in [0.29, 0.717) is 6.04 Å². The molecule has 1 saturated heterocycles. The number of benzene rings is 1. The molecule has 0 bridgehead atoms. The number of hydrogen-bond donors (Lipinski definition) is 1. The first-order valence-electron chi connectivity index (χ1n) is 5.81. The molecule has 1 unspecified atom stereocenters. The first-order valence-corrected chi connectivity index (χ1v) is 5.81. The van der Waals surface area contributed by atoms with Crippen LogP contribution in [0.5, 0.6) is 0 Å². The van der Waals surface area contributed by atoms with Crippen LogP contribution in [0.3, 0.4) is 0 Å². The van der Waals surface area contributed by atoms with Crippen LogP contribution in [-0.2, 0) is 4.79 Å². The van der Waals surface area contributed by atoms with Gasteiger partial charge in [-0.2, -0.15) is 0 Å². The Balaban J connectivity index is 2.10. The van der Waals surface area contributed by atoms with Crippen molar-refractivity contribution in [3.8, 4) is 0 Å². The molecule has 0 radical (unpaired) electrons. The van der Waals surface area contributed by atoms with E-state index in [1.165, 1.54) is 0 Å². The average molecular weight is 218 g/mol. The molecule has 3 nitrogen and oxygen atoms in total. The van der Waals surface area contributed by atoms with Crippen molar-refractivity contribution in [1.82, 2.24) is 4.90 Å². The predicted molar refractivity (Wildman–Crippen MR) is 63.8 cm³/mol. The lowest BCUT2D eigenvalue weighted by Gasteiger charge is -2.25. The second kappa shape index (κ2) is 4.66. The third-order valence-electron chi connectivity index (χ3n) is 3.26. The summed E-state index contributed by atoms with van der Waals surface area (Å²) in [6, 6.07) is 9.39. The predicted octanol–water partition coefficient (Wildman–Crippen LogP) is 1.70. The number of nitrogens with zero attached hydrogens (tertiary/aromatic N) is 1. The van der Waals surface area contributed by atoms with Crippen LogP contribution in [0.1, 0.15) is 31.4 Å². The van der Waals surface area contributed by atoms with Gasteiger partial charge in [0.05, 0.1) is 0 Å². The largest absolute Gasteiger partial charge is 0.338 e. The molecule has 0 spiro atoms. The number of hydrogen-bond acceptors (Lipinski definition) is 2. The highest BCUT2D eigenvalue weighted by Gasteiger charge is 2.29. The van der Waals surface area contributed by atoms with Gasteiger partial charge < -0.3 is 10.6 Å². The minimum atomic E-state index is -0.512. The van der Waals surface area contributed by atoms with Gasteiger partial charge in [0, 0.05) is 12.6 Å². The molecule has 2 atom stereocenters. The lowest BCUT2D eigenvalue weighted by molar-refractivity contribution is -0.133. The highest BCUT2D eigenvalue weighted by molar-refractivity contribution is 5.83. The molecule has 86 valence electrons. The van der Waals surface area contributed by atoms with Gasteiger partial charge in [-0.1, -0.05) is 30.3 Å². The van der Waals surface area contributed by atoms with E-state index in [0.717, 1.165) is 24.9 Å². The summed E-state index contributed by atoms with van der Waals surface area (Å²) < 4.78 is 0. The highest BCUT2D eigenvalue weighted by Crippen LogP contribution is 2.21. The Labute approximate surface area is 96.2 Å². The third kappa shape index (κ3) is 2.09. The minimum Gasteiger partial charge on any atom is -0.338 e. The van der Waals surface area contributed by atoms with Crippen molar-refractivity contribution in [3.63, 3.8) is 0 Å². The van der Waals surface area contributed by atoms with Crippen molar-refractivity contribution in [2.24, 2.45) is 5.73 Å². The summed E-state index contributed by atoms with van der Waals surface area (Å²) in [5.41, 5.74) is 6.88. The number of rotatable bonds is 2. The molecule has 1 aliphatic heterocycles. The van der Waals surface area contributed by atoms with Gasteiger partial charge in [-0.3, -0.25) is 4.79 Å². The fourth-order valence-electron chi connectivity index (χ4n) is 2.24. The third-order valence-corrected chi connectivity index (χ3v) is 3.26. The Bertz CT molecular complexity index is 363. The Morgan fingerprint density at radius 1 is 1.44 bits per heavy atom. The maximum atomic E-state index is 12.2. The van der Waals surface area contributed by atoms with E-state index in [1.807, 2.05) is 35.2 Å². The molecule has 2 rings (SSSR count). The standard InChI is InChI=1S/C13H18N2O/c1-10-6-5-9-15(10)13(16)12(14)11-7-3-2-4-8-11/h2-4,7-8,10,12H,5-6,9,14H2,1H3/t10?,12-/m0/s1. The van der Waals surface area contributed by atoms with E-state index in [2.05, 4.69) is 6.92 Å². The summed E-state index contributed by atoms with van der Waals surface area (Å²) in [5.74, 6) is 0.0520. The van der Waals surface area contributed by atoms with Crippen molar-refractivity contribution < 1.29 is 4.79 Å². The molecule has 1 heterocycles. The topological polar surface area (TPSA) is 46.3 Å². The number of amides is 1. The van der Waals surface area contributed by atoms with Gasteiger partial charge in [-0.15, -0.1) is 0 Å². The van der Waals surface area contributed by atoms with Gasteiger partial charge in [-0.05, 0) is 25.3 Å². The fourth-order valence-corrected chi connectivity index (χ4v) is 2.24. The second-order valence-electron chi connectivity index (χ2n) is 4.41. The van der Waals surface area contributed by atoms with Gasteiger partial charge in [-0.25, -0.2) is 0 Å². The Hall–Kier alpha value is -1.35. The van der Waals surface area contributed by atoms with Crippen molar-refractivity contribution in [1.29, 1.82) is 0 Å². The van der Waals surface area contributed by atoms with Crippen LogP contribution in [0.15, 0.2) is 30.3 Å². The molecule has 1 aromatic carbocycles. The van der Waals surface area contributed by atoms with Gasteiger partial charge in [0.15, 0.2) is 0 Å². The molecule has 16 heavy (non-hydrogen) atoms. The molecule has 0 aromatic heterocycles. The second-order valence-corrected chi connectivity index (χ2v) is 4.41. The summed E-state index contributed by atoms with van der Waals surface area (Å²) in [6.45, 7) is 2.93. The first kappa shape index (κ1) is 11.1. The quantitative estimate of drug-likeness (QED) is 0.821. The molecule has 1 amide bonds. The van der Waals surface area contributed by atoms with Gasteiger partial charge in [0.2, 0.25) is 5.91 Å². The maximum absolute atomic E-state index is 12.2. The lowest BCUT2D eigenvalue weighted by Crippen LogP contribution is -2.40. The van der Waals surface area contributed by atoms with E-state index in [-0.39, 0.29) is 5.91 Å². The number of likely N-dealkylation sites (tertiary alicyclic amines) is 1. The van der Waals surface area contributed by atoms with E-state index in [4.69, 9.17) is 5.73 Å². The van der Waals surface area contributed by atoms with Crippen LogP contribution in [-0.4, -0.2) is 23.4 Å². The number of nitrogens with two attached hydrogens (primary N) is 1. The van der Waals surface area contributed by atoms with Crippen LogP contribution < -0.4 is 5.73 Å². The van der Waals surface area contributed by atoms with Gasteiger partial charge in [0.1, 0.15) is 6.04 Å². The van der Waals surface area contributed by atoms with Crippen LogP contribution >= 0.6 is 0 Å². The van der Waals surface area contributed by atoms with Crippen LogP contribution in [0.4, 0.5) is 0 Å². The van der Waals surface area contributed by atoms with Crippen molar-refractivity contribution in [2.75, 3.05) is 6.54 Å². The van der Waals surface area contributed by atoms with E-state index in [1.54, 1.807) is 0 Å². The molecule has 1 aromatic rings. The maximum Gasteiger partial charge on any atom is 0.244 e. The summed E-state index contributed by atoms with van der Waals surface area (Å²) in [5, 5.41) is 0. The summed E-state index contributed by atoms with van der Waals surface area (Å²) in [4.78, 5) is 14.1. The minimum absolute atomic E-state index is 0.0520. The monoisotopic (exact) mass is 218 g/mol. The van der Waals surface area contributed by atoms with Crippen LogP contribution in [0.2, 0.25) is 0 Å². The Kier molecular flexibility index (Phi) is 3.25. The zero-order chi connectivity index (χ0) is 11.5. The molecule has 0 aliphatic carbocycles. The molecule has 2 N–H and O–H groups in total. The number of carbonyl (C=O) groups excluding carboxylic acids is 1. The zero-order valence-corrected chi connectivity index (χ0v) is 9.60. The van der Waals surface area contributed by atoms with Gasteiger partial charge in [0.25, 0.3) is 0 Å². The lowest BCUT2D eigenvalue weighted by atomic mass is 10.1. The Morgan fingerprint density at radius 3 is 2.69 bits per heavy atom. The zero-order valence-electron chi connectivity index (χ0n) is 9.60. The number of carbonyl (C=O) groups is 1. The van der Waals surface area contributed by atoms with E-state index < -0.39 is 6.04 Å². The molecule has 1 aliphatic rings. The fraction of sp³-hybridized carbons (Fsp3) is 0.462. The normalized spacial score (nSPS) is 22.1. The SMILES string of the molecule is CC1CCCN1C(=O)[C@@H](N)c1ccccc1. The molecule has 1 fully saturated rings. The molecule has 0 saturated carbocycles. The van der Waals surface area contributed by atoms with Crippen molar-refractivity contribution in [2.45, 2.75) is 31.8 Å². The molecular weight excluding hydrogens is 200 g/mol. The van der Waals surface area contributed by atoms with Crippen LogP contribution in [0, 0.1) is 0 Å². The molecular formula is C13H18N2O. The first-order chi connectivity index (χ1) is 7.70. The van der Waals surface area contributed by atoms with E-state index in [9.17, 15) is 4.79 Å². The summed E-state index contributed by atoms with van der Waals surface area (Å²) in [6.07, 6.45) is 2.18. The van der Waals surface area contributed by atoms with Crippen molar-refractivity contribution in [3.05, 3.63) is 35.9 Å². The highest BCUT2D eigenvalue weighted by atomic mass is 16.2. The smallest absolute Gasteiger partial charge is 0.244 e. The molecule has 3 heteroatoms. The average Bonchev–Trinajstić information content (AvgIpc) is 2.75. The van der Waals surface area contributed by atoms with E-state index >= 15 is 0 Å².